The molecule has 2 unspecified atom stereocenters. The summed E-state index contributed by atoms with van der Waals surface area (Å²) in [4.78, 5) is 34.5. The quantitative estimate of drug-likeness (QED) is 0.245. The molecule has 2 atom stereocenters. The Kier molecular flexibility index (Phi) is 9.08. The van der Waals surface area contributed by atoms with Crippen LogP contribution in [-0.2, 0) is 11.3 Å². The van der Waals surface area contributed by atoms with E-state index in [0.29, 0.717) is 11.4 Å². The van der Waals surface area contributed by atoms with Crippen molar-refractivity contribution in [3.8, 4) is 0 Å². The summed E-state index contributed by atoms with van der Waals surface area (Å²) < 4.78 is 106. The Labute approximate surface area is 251 Å². The predicted molar refractivity (Wildman–Crippen MR) is 142 cm³/mol. The molecule has 2 saturated carbocycles. The maximum atomic E-state index is 14.0. The fourth-order valence-corrected chi connectivity index (χ4v) is 5.48. The van der Waals surface area contributed by atoms with Gasteiger partial charge in [0.1, 0.15) is 5.69 Å². The van der Waals surface area contributed by atoms with E-state index in [1.54, 1.807) is 18.5 Å². The Balaban J connectivity index is 1.36. The molecule has 17 heteroatoms. The first kappa shape index (κ1) is 32.6. The molecule has 3 aromatic rings. The van der Waals surface area contributed by atoms with Crippen molar-refractivity contribution in [3.05, 3.63) is 47.8 Å². The molecule has 0 spiro atoms. The number of aromatic nitrogens is 5. The average Bonchev–Trinajstić information content (AvgIpc) is 3.52. The molecule has 2 amide bonds. The van der Waals surface area contributed by atoms with Gasteiger partial charge in [0, 0.05) is 44.4 Å². The zero-order valence-electron chi connectivity index (χ0n) is 23.8. The minimum atomic E-state index is -4.47. The van der Waals surface area contributed by atoms with Crippen molar-refractivity contribution in [1.29, 1.82) is 0 Å². The molecule has 2 fully saturated rings. The number of halogens is 8. The van der Waals surface area contributed by atoms with Crippen LogP contribution in [0.4, 0.5) is 35.1 Å². The lowest BCUT2D eigenvalue weighted by atomic mass is 9.81. The number of hydrogen-bond donors (Lipinski definition) is 2. The van der Waals surface area contributed by atoms with E-state index >= 15 is 0 Å². The zero-order chi connectivity index (χ0) is 32.6. The Morgan fingerprint density at radius 2 is 1.49 bits per heavy atom. The van der Waals surface area contributed by atoms with Crippen molar-refractivity contribution in [2.45, 2.75) is 94.7 Å². The number of aryl methyl sites for hydroxylation is 1. The monoisotopic (exact) mass is 649 g/mol. The zero-order valence-corrected chi connectivity index (χ0v) is 23.8. The smallest absolute Gasteiger partial charge is 0.347 e. The van der Waals surface area contributed by atoms with Gasteiger partial charge in [-0.3, -0.25) is 18.7 Å². The number of amides is 2. The Morgan fingerprint density at radius 1 is 0.867 bits per heavy atom. The van der Waals surface area contributed by atoms with Crippen LogP contribution in [0.15, 0.2) is 30.7 Å². The fourth-order valence-electron chi connectivity index (χ4n) is 5.48. The molecule has 45 heavy (non-hydrogen) atoms. The molecule has 2 aliphatic rings. The molecule has 5 rings (SSSR count). The van der Waals surface area contributed by atoms with E-state index in [-0.39, 0.29) is 30.2 Å². The van der Waals surface area contributed by atoms with Crippen LogP contribution in [0, 0.1) is 11.8 Å². The number of rotatable bonds is 11. The first-order chi connectivity index (χ1) is 21.1. The molecular formula is C28H31F8N7O2. The molecule has 3 aromatic heterocycles. The van der Waals surface area contributed by atoms with Crippen molar-refractivity contribution in [2.24, 2.45) is 11.8 Å². The lowest BCUT2D eigenvalue weighted by Gasteiger charge is -2.33. The van der Waals surface area contributed by atoms with Crippen LogP contribution in [0.3, 0.4) is 0 Å². The highest BCUT2D eigenvalue weighted by Gasteiger charge is 2.40. The van der Waals surface area contributed by atoms with E-state index < -0.39 is 86.7 Å². The summed E-state index contributed by atoms with van der Waals surface area (Å²) in [5, 5.41) is 9.35. The lowest BCUT2D eigenvalue weighted by Crippen LogP contribution is -2.37. The predicted octanol–water partition coefficient (Wildman–Crippen LogP) is 6.08. The molecule has 0 aromatic carbocycles. The minimum Gasteiger partial charge on any atom is -0.347 e. The van der Waals surface area contributed by atoms with Crippen LogP contribution in [0.25, 0.3) is 5.78 Å². The first-order valence-corrected chi connectivity index (χ1v) is 14.6. The van der Waals surface area contributed by atoms with Crippen molar-refractivity contribution in [3.63, 3.8) is 0 Å². The highest BCUT2D eigenvalue weighted by Crippen LogP contribution is 2.42. The number of fused-ring (bicyclic) bond motifs is 1. The van der Waals surface area contributed by atoms with Gasteiger partial charge in [-0.2, -0.15) is 31.4 Å². The van der Waals surface area contributed by atoms with Gasteiger partial charge in [0.2, 0.25) is 17.6 Å². The molecule has 9 nitrogen and oxygen atoms in total. The van der Waals surface area contributed by atoms with Gasteiger partial charge in [0.25, 0.3) is 5.91 Å². The third-order valence-corrected chi connectivity index (χ3v) is 8.07. The van der Waals surface area contributed by atoms with Crippen LogP contribution in [0.1, 0.15) is 91.7 Å². The Morgan fingerprint density at radius 3 is 2.13 bits per heavy atom. The van der Waals surface area contributed by atoms with Gasteiger partial charge < -0.3 is 10.6 Å². The van der Waals surface area contributed by atoms with E-state index in [1.165, 1.54) is 16.7 Å². The average molecular weight is 650 g/mol. The number of hydrogen-bond acceptors (Lipinski definition) is 5. The summed E-state index contributed by atoms with van der Waals surface area (Å²) >= 11 is 0. The van der Waals surface area contributed by atoms with Crippen molar-refractivity contribution in [2.75, 3.05) is 0 Å². The van der Waals surface area contributed by atoms with Crippen LogP contribution >= 0.6 is 0 Å². The van der Waals surface area contributed by atoms with Gasteiger partial charge in [0.15, 0.2) is 0 Å². The van der Waals surface area contributed by atoms with Crippen molar-refractivity contribution in [1.82, 2.24) is 34.8 Å². The summed E-state index contributed by atoms with van der Waals surface area (Å²) in [6.07, 6.45) is -6.73. The lowest BCUT2D eigenvalue weighted by molar-refractivity contribution is -0.144. The van der Waals surface area contributed by atoms with Gasteiger partial charge >= 0.3 is 12.4 Å². The number of nitrogens with zero attached hydrogens (tertiary/aromatic N) is 5. The van der Waals surface area contributed by atoms with Gasteiger partial charge in [0.05, 0.1) is 36.3 Å². The number of imidazole rings is 1. The standard InChI is InChI=1S/C28H31F8N7O2/c29-26(30)8-3-17(4-9-26)23(40-24(45)19-7-13-43(41-19)14-11-28(34,35)36)20-15-42-12-6-18(37-25(42)38-20)22(16-1-2-16)39-21(44)5-10-27(31,32)33/h6-7,12-13,15-17,22-23H,1-5,8-11,14H2,(H,39,44)(H,40,45). The summed E-state index contributed by atoms with van der Waals surface area (Å²) in [5.41, 5.74) is 0.544. The number of carbonyl (C=O) groups is 2. The van der Waals surface area contributed by atoms with E-state index in [0.717, 1.165) is 17.5 Å². The molecule has 2 aliphatic carbocycles. The first-order valence-electron chi connectivity index (χ1n) is 14.6. The highest BCUT2D eigenvalue weighted by atomic mass is 19.4. The number of carbonyl (C=O) groups excluding carboxylic acids is 2. The maximum Gasteiger partial charge on any atom is 0.390 e. The SMILES string of the molecule is O=C(CCC(F)(F)F)NC(c1ccn2cc(C(NC(=O)c3ccn(CCC(F)(F)F)n3)C3CCC(F)(F)CC3)nc2n1)C1CC1. The minimum absolute atomic E-state index is 0.00361. The molecule has 3 heterocycles. The third-order valence-electron chi connectivity index (χ3n) is 8.07. The molecule has 0 bridgehead atoms. The molecule has 0 radical (unpaired) electrons. The van der Waals surface area contributed by atoms with Gasteiger partial charge in [-0.15, -0.1) is 0 Å². The van der Waals surface area contributed by atoms with E-state index in [9.17, 15) is 44.7 Å². The summed E-state index contributed by atoms with van der Waals surface area (Å²) in [6, 6.07) is 1.38. The van der Waals surface area contributed by atoms with Gasteiger partial charge in [-0.05, 0) is 49.7 Å². The highest BCUT2D eigenvalue weighted by molar-refractivity contribution is 5.92. The second-order valence-electron chi connectivity index (χ2n) is 11.7. The molecule has 246 valence electrons. The van der Waals surface area contributed by atoms with Crippen LogP contribution in [-0.4, -0.2) is 54.2 Å². The van der Waals surface area contributed by atoms with Crippen LogP contribution in [0.2, 0.25) is 0 Å². The van der Waals surface area contributed by atoms with E-state index in [4.69, 9.17) is 0 Å². The third kappa shape index (κ3) is 8.90. The van der Waals surface area contributed by atoms with E-state index in [1.807, 2.05) is 0 Å². The largest absolute Gasteiger partial charge is 0.390 e. The molecular weight excluding hydrogens is 618 g/mol. The normalized spacial score (nSPS) is 18.9. The van der Waals surface area contributed by atoms with Gasteiger partial charge in [-0.1, -0.05) is 0 Å². The summed E-state index contributed by atoms with van der Waals surface area (Å²) in [6.45, 7) is -0.483. The molecule has 2 N–H and O–H groups in total. The number of nitrogens with one attached hydrogen (secondary N) is 2. The van der Waals surface area contributed by atoms with E-state index in [2.05, 4.69) is 25.7 Å². The summed E-state index contributed by atoms with van der Waals surface area (Å²) in [5.74, 6) is -4.61. The Hall–Kier alpha value is -3.79. The second kappa shape index (κ2) is 12.5. The van der Waals surface area contributed by atoms with Crippen LogP contribution in [0.5, 0.6) is 0 Å². The van der Waals surface area contributed by atoms with Crippen molar-refractivity contribution >= 4 is 17.6 Å². The van der Waals surface area contributed by atoms with Gasteiger partial charge in [-0.25, -0.2) is 18.7 Å². The van der Waals surface area contributed by atoms with Crippen molar-refractivity contribution < 1.29 is 44.7 Å². The molecule has 0 saturated heterocycles. The second-order valence-corrected chi connectivity index (χ2v) is 11.7. The summed E-state index contributed by atoms with van der Waals surface area (Å²) in [7, 11) is 0. The Bertz CT molecular complexity index is 1500. The van der Waals surface area contributed by atoms with Crippen LogP contribution < -0.4 is 10.6 Å². The fraction of sp³-hybridized carbons (Fsp3) is 0.607. The maximum absolute atomic E-state index is 14.0. The number of alkyl halides is 8. The topological polar surface area (TPSA) is 106 Å². The molecule has 0 aliphatic heterocycles.